The number of nitrogens with zero attached hydrogens (tertiary/aromatic N) is 4. The van der Waals surface area contributed by atoms with Gasteiger partial charge in [0, 0.05) is 30.4 Å². The van der Waals surface area contributed by atoms with Crippen LogP contribution in [0.1, 0.15) is 35.7 Å². The second kappa shape index (κ2) is 6.83. The van der Waals surface area contributed by atoms with Crippen molar-refractivity contribution in [2.24, 2.45) is 0 Å². The average Bonchev–Trinajstić information content (AvgIpc) is 3.26. The van der Waals surface area contributed by atoms with Gasteiger partial charge in [-0.05, 0) is 44.3 Å². The Balaban J connectivity index is 1.40. The molecule has 0 aliphatic carbocycles. The number of hydrogen-bond donors (Lipinski definition) is 1. The fraction of sp³-hybridized carbons (Fsp3) is 0.389. The molecular weight excluding hydrogens is 318 g/mol. The zero-order valence-corrected chi connectivity index (χ0v) is 14.6. The van der Waals surface area contributed by atoms with E-state index in [4.69, 9.17) is 0 Å². The number of piperidine rings is 1. The van der Waals surface area contributed by atoms with Crippen LogP contribution in [0.25, 0.3) is 10.6 Å². The molecule has 1 aliphatic rings. The predicted octanol–water partition coefficient (Wildman–Crippen LogP) is 3.62. The van der Waals surface area contributed by atoms with Crippen molar-refractivity contribution in [1.29, 1.82) is 0 Å². The van der Waals surface area contributed by atoms with Gasteiger partial charge < -0.3 is 0 Å². The quantitative estimate of drug-likeness (QED) is 0.789. The van der Waals surface area contributed by atoms with Crippen molar-refractivity contribution in [2.75, 3.05) is 13.1 Å². The Morgan fingerprint density at radius 2 is 2.12 bits per heavy atom. The standard InChI is InChI=1S/C18H21N5S/c1-13-9-19-11-16(21-13)14-4-6-23(7-5-14)12-15-10-20-22-18(15)17-3-2-8-24-17/h2-3,8-11,14H,4-7,12H2,1H3,(H,20,22). The number of nitrogens with one attached hydrogen (secondary N) is 1. The van der Waals surface area contributed by atoms with Gasteiger partial charge in [-0.3, -0.25) is 20.0 Å². The molecule has 0 aromatic carbocycles. The van der Waals surface area contributed by atoms with Crippen LogP contribution in [0.15, 0.2) is 36.1 Å². The van der Waals surface area contributed by atoms with E-state index in [1.165, 1.54) is 10.4 Å². The number of aromatic nitrogens is 4. The first kappa shape index (κ1) is 15.5. The molecule has 0 radical (unpaired) electrons. The molecule has 0 spiro atoms. The van der Waals surface area contributed by atoms with Crippen LogP contribution in [-0.4, -0.2) is 38.2 Å². The van der Waals surface area contributed by atoms with Crippen LogP contribution in [0, 0.1) is 6.92 Å². The van der Waals surface area contributed by atoms with Crippen molar-refractivity contribution in [3.05, 3.63) is 53.1 Å². The summed E-state index contributed by atoms with van der Waals surface area (Å²) in [5.74, 6) is 0.537. The minimum absolute atomic E-state index is 0.537. The summed E-state index contributed by atoms with van der Waals surface area (Å²) in [6.45, 7) is 5.15. The lowest BCUT2D eigenvalue weighted by Gasteiger charge is -2.31. The van der Waals surface area contributed by atoms with Crippen molar-refractivity contribution in [3.8, 4) is 10.6 Å². The second-order valence-electron chi connectivity index (χ2n) is 6.38. The van der Waals surface area contributed by atoms with Crippen molar-refractivity contribution in [1.82, 2.24) is 25.1 Å². The molecule has 3 aromatic rings. The maximum atomic E-state index is 4.65. The van der Waals surface area contributed by atoms with Gasteiger partial charge in [0.2, 0.25) is 0 Å². The normalized spacial score (nSPS) is 16.5. The van der Waals surface area contributed by atoms with Crippen LogP contribution in [0.4, 0.5) is 0 Å². The summed E-state index contributed by atoms with van der Waals surface area (Å²) in [5.41, 5.74) is 4.61. The van der Waals surface area contributed by atoms with Gasteiger partial charge in [-0.1, -0.05) is 6.07 Å². The first-order chi connectivity index (χ1) is 11.8. The summed E-state index contributed by atoms with van der Waals surface area (Å²) in [5, 5.41) is 9.51. The highest BCUT2D eigenvalue weighted by molar-refractivity contribution is 7.13. The summed E-state index contributed by atoms with van der Waals surface area (Å²) < 4.78 is 0. The largest absolute Gasteiger partial charge is 0.299 e. The Bertz CT molecular complexity index is 787. The topological polar surface area (TPSA) is 57.7 Å². The van der Waals surface area contributed by atoms with Gasteiger partial charge >= 0.3 is 0 Å². The first-order valence-electron chi connectivity index (χ1n) is 8.36. The highest BCUT2D eigenvalue weighted by atomic mass is 32.1. The predicted molar refractivity (Wildman–Crippen MR) is 95.9 cm³/mol. The summed E-state index contributed by atoms with van der Waals surface area (Å²) >= 11 is 1.75. The lowest BCUT2D eigenvalue weighted by Crippen LogP contribution is -2.32. The molecule has 1 saturated heterocycles. The first-order valence-corrected chi connectivity index (χ1v) is 9.24. The zero-order valence-electron chi connectivity index (χ0n) is 13.8. The molecule has 0 bridgehead atoms. The van der Waals surface area contributed by atoms with Gasteiger partial charge in [-0.15, -0.1) is 11.3 Å². The molecule has 4 heterocycles. The van der Waals surface area contributed by atoms with E-state index in [0.717, 1.165) is 49.6 Å². The number of likely N-dealkylation sites (tertiary alicyclic amines) is 1. The molecule has 1 fully saturated rings. The lowest BCUT2D eigenvalue weighted by molar-refractivity contribution is 0.203. The molecule has 0 amide bonds. The number of thiophene rings is 1. The number of rotatable bonds is 4. The molecule has 24 heavy (non-hydrogen) atoms. The lowest BCUT2D eigenvalue weighted by atomic mass is 9.93. The maximum absolute atomic E-state index is 4.65. The Morgan fingerprint density at radius 3 is 2.88 bits per heavy atom. The zero-order chi connectivity index (χ0) is 16.4. The van der Waals surface area contributed by atoms with Gasteiger partial charge in [0.15, 0.2) is 0 Å². The SMILES string of the molecule is Cc1cncc(C2CCN(Cc3cn[nH]c3-c3cccs3)CC2)n1. The molecule has 1 N–H and O–H groups in total. The molecule has 3 aromatic heterocycles. The highest BCUT2D eigenvalue weighted by Crippen LogP contribution is 2.30. The van der Waals surface area contributed by atoms with Crippen LogP contribution in [0.3, 0.4) is 0 Å². The molecule has 0 atom stereocenters. The maximum Gasteiger partial charge on any atom is 0.0794 e. The van der Waals surface area contributed by atoms with Crippen molar-refractivity contribution < 1.29 is 0 Å². The van der Waals surface area contributed by atoms with Crippen LogP contribution < -0.4 is 0 Å². The molecule has 1 aliphatic heterocycles. The average molecular weight is 339 g/mol. The minimum Gasteiger partial charge on any atom is -0.299 e. The third-order valence-corrected chi connectivity index (χ3v) is 5.55. The van der Waals surface area contributed by atoms with E-state index in [0.29, 0.717) is 5.92 Å². The van der Waals surface area contributed by atoms with E-state index in [9.17, 15) is 0 Å². The highest BCUT2D eigenvalue weighted by Gasteiger charge is 2.23. The number of aromatic amines is 1. The van der Waals surface area contributed by atoms with Crippen LogP contribution in [0.5, 0.6) is 0 Å². The van der Waals surface area contributed by atoms with Crippen molar-refractivity contribution in [3.63, 3.8) is 0 Å². The third-order valence-electron chi connectivity index (χ3n) is 4.66. The summed E-state index contributed by atoms with van der Waals surface area (Å²) in [6.07, 6.45) is 8.00. The number of H-pyrrole nitrogens is 1. The fourth-order valence-corrected chi connectivity index (χ4v) is 4.13. The fourth-order valence-electron chi connectivity index (χ4n) is 3.37. The smallest absolute Gasteiger partial charge is 0.0794 e. The van der Waals surface area contributed by atoms with E-state index in [2.05, 4.69) is 42.6 Å². The Kier molecular flexibility index (Phi) is 4.40. The van der Waals surface area contributed by atoms with E-state index in [1.807, 2.05) is 25.5 Å². The van der Waals surface area contributed by atoms with Crippen LogP contribution in [0.2, 0.25) is 0 Å². The van der Waals surface area contributed by atoms with Crippen molar-refractivity contribution >= 4 is 11.3 Å². The van der Waals surface area contributed by atoms with E-state index >= 15 is 0 Å². The summed E-state index contributed by atoms with van der Waals surface area (Å²) in [4.78, 5) is 12.7. The van der Waals surface area contributed by atoms with E-state index < -0.39 is 0 Å². The molecule has 5 nitrogen and oxygen atoms in total. The van der Waals surface area contributed by atoms with Gasteiger partial charge in [-0.2, -0.15) is 5.10 Å². The third kappa shape index (κ3) is 3.25. The molecule has 6 heteroatoms. The second-order valence-corrected chi connectivity index (χ2v) is 7.33. The Hall–Kier alpha value is -2.05. The monoisotopic (exact) mass is 339 g/mol. The van der Waals surface area contributed by atoms with E-state index in [-0.39, 0.29) is 0 Å². The minimum atomic E-state index is 0.537. The molecule has 124 valence electrons. The van der Waals surface area contributed by atoms with Gasteiger partial charge in [-0.25, -0.2) is 0 Å². The van der Waals surface area contributed by atoms with E-state index in [1.54, 1.807) is 11.3 Å². The Morgan fingerprint density at radius 1 is 1.25 bits per heavy atom. The Labute approximate surface area is 145 Å². The molecule has 0 unspecified atom stereocenters. The van der Waals surface area contributed by atoms with Crippen LogP contribution >= 0.6 is 11.3 Å². The number of hydrogen-bond acceptors (Lipinski definition) is 5. The number of aryl methyl sites for hydroxylation is 1. The summed E-state index contributed by atoms with van der Waals surface area (Å²) in [7, 11) is 0. The molecule has 4 rings (SSSR count). The molecular formula is C18H21N5S. The summed E-state index contributed by atoms with van der Waals surface area (Å²) in [6, 6.07) is 4.23. The molecule has 0 saturated carbocycles. The van der Waals surface area contributed by atoms with Gasteiger partial charge in [0.25, 0.3) is 0 Å². The van der Waals surface area contributed by atoms with Crippen LogP contribution in [-0.2, 0) is 6.54 Å². The van der Waals surface area contributed by atoms with Crippen molar-refractivity contribution in [2.45, 2.75) is 32.2 Å². The van der Waals surface area contributed by atoms with Gasteiger partial charge in [0.05, 0.1) is 28.2 Å². The van der Waals surface area contributed by atoms with Gasteiger partial charge in [0.1, 0.15) is 0 Å².